The van der Waals surface area contributed by atoms with Crippen molar-refractivity contribution in [2.75, 3.05) is 14.1 Å². The van der Waals surface area contributed by atoms with Crippen molar-refractivity contribution in [2.24, 2.45) is 0 Å². The van der Waals surface area contributed by atoms with Crippen LogP contribution in [0.25, 0.3) is 0 Å². The van der Waals surface area contributed by atoms with E-state index < -0.39 is 0 Å². The zero-order chi connectivity index (χ0) is 13.8. The van der Waals surface area contributed by atoms with Crippen molar-refractivity contribution in [1.82, 2.24) is 4.90 Å². The quantitative estimate of drug-likeness (QED) is 0.912. The van der Waals surface area contributed by atoms with Crippen LogP contribution >= 0.6 is 0 Å². The Morgan fingerprint density at radius 1 is 1.26 bits per heavy atom. The number of ether oxygens (including phenoxy) is 1. The highest BCUT2D eigenvalue weighted by Crippen LogP contribution is 2.27. The van der Waals surface area contributed by atoms with Gasteiger partial charge in [0.2, 0.25) is 0 Å². The van der Waals surface area contributed by atoms with Crippen LogP contribution in [0.1, 0.15) is 42.5 Å². The molecule has 19 heavy (non-hydrogen) atoms. The first-order valence-electron chi connectivity index (χ1n) is 6.79. The first kappa shape index (κ1) is 13.7. The molecule has 1 fully saturated rings. The Labute approximate surface area is 114 Å². The molecule has 2 rings (SSSR count). The van der Waals surface area contributed by atoms with E-state index in [1.54, 1.807) is 26.2 Å². The minimum Gasteiger partial charge on any atom is -0.507 e. The molecule has 0 heterocycles. The number of hydrogen-bond acceptors (Lipinski definition) is 3. The van der Waals surface area contributed by atoms with Crippen LogP contribution in [0.5, 0.6) is 11.5 Å². The molecule has 1 aromatic rings. The monoisotopic (exact) mass is 263 g/mol. The van der Waals surface area contributed by atoms with E-state index >= 15 is 0 Å². The van der Waals surface area contributed by atoms with Crippen molar-refractivity contribution in [3.05, 3.63) is 23.8 Å². The topological polar surface area (TPSA) is 49.8 Å². The molecule has 0 unspecified atom stereocenters. The van der Waals surface area contributed by atoms with Crippen molar-refractivity contribution in [2.45, 2.75) is 38.2 Å². The summed E-state index contributed by atoms with van der Waals surface area (Å²) in [5.41, 5.74) is 0.290. The van der Waals surface area contributed by atoms with Gasteiger partial charge in [0.15, 0.2) is 0 Å². The van der Waals surface area contributed by atoms with Crippen LogP contribution in [0.4, 0.5) is 0 Å². The standard InChI is InChI=1S/C15H21NO3/c1-16(2)15(18)13-10-12(8-9-14(13)17)19-11-6-4-3-5-7-11/h8-11,17H,3-7H2,1-2H3. The Balaban J connectivity index is 2.13. The number of phenolic OH excluding ortho intramolecular Hbond substituents is 1. The molecule has 0 radical (unpaired) electrons. The maximum absolute atomic E-state index is 11.9. The van der Waals surface area contributed by atoms with Crippen LogP contribution in [-0.2, 0) is 0 Å². The molecule has 0 aromatic heterocycles. The first-order valence-corrected chi connectivity index (χ1v) is 6.79. The van der Waals surface area contributed by atoms with Crippen LogP contribution in [0.3, 0.4) is 0 Å². The molecule has 1 aliphatic rings. The molecule has 4 heteroatoms. The number of hydrogen-bond donors (Lipinski definition) is 1. The molecule has 1 aromatic carbocycles. The summed E-state index contributed by atoms with van der Waals surface area (Å²) in [7, 11) is 3.33. The molecule has 1 aliphatic carbocycles. The van der Waals surface area contributed by atoms with E-state index in [0.29, 0.717) is 11.3 Å². The summed E-state index contributed by atoms with van der Waals surface area (Å²) in [6.07, 6.45) is 6.05. The van der Waals surface area contributed by atoms with Crippen molar-refractivity contribution in [3.63, 3.8) is 0 Å². The highest BCUT2D eigenvalue weighted by molar-refractivity contribution is 5.96. The molecule has 0 aliphatic heterocycles. The average molecular weight is 263 g/mol. The predicted molar refractivity (Wildman–Crippen MR) is 73.6 cm³/mol. The second-order valence-electron chi connectivity index (χ2n) is 5.26. The fraction of sp³-hybridized carbons (Fsp3) is 0.533. The number of carbonyl (C=O) groups excluding carboxylic acids is 1. The Bertz CT molecular complexity index is 451. The maximum atomic E-state index is 11.9. The number of aromatic hydroxyl groups is 1. The van der Waals surface area contributed by atoms with Gasteiger partial charge in [-0.05, 0) is 43.9 Å². The first-order chi connectivity index (χ1) is 9.08. The molecule has 0 bridgehead atoms. The maximum Gasteiger partial charge on any atom is 0.257 e. The lowest BCUT2D eigenvalue weighted by molar-refractivity contribution is 0.0823. The van der Waals surface area contributed by atoms with Crippen LogP contribution in [0.15, 0.2) is 18.2 Å². The third-order valence-corrected chi connectivity index (χ3v) is 3.46. The molecule has 4 nitrogen and oxygen atoms in total. The smallest absolute Gasteiger partial charge is 0.257 e. The third-order valence-electron chi connectivity index (χ3n) is 3.46. The van der Waals surface area contributed by atoms with E-state index in [1.807, 2.05) is 0 Å². The van der Waals surface area contributed by atoms with E-state index in [-0.39, 0.29) is 17.8 Å². The van der Waals surface area contributed by atoms with Gasteiger partial charge in [0.1, 0.15) is 11.5 Å². The number of carbonyl (C=O) groups is 1. The lowest BCUT2D eigenvalue weighted by atomic mass is 9.98. The summed E-state index contributed by atoms with van der Waals surface area (Å²) in [4.78, 5) is 13.4. The molecular formula is C15H21NO3. The normalized spacial score (nSPS) is 16.1. The lowest BCUT2D eigenvalue weighted by Gasteiger charge is -2.23. The lowest BCUT2D eigenvalue weighted by Crippen LogP contribution is -2.22. The Morgan fingerprint density at radius 2 is 1.95 bits per heavy atom. The van der Waals surface area contributed by atoms with Crippen LogP contribution in [-0.4, -0.2) is 36.1 Å². The number of nitrogens with zero attached hydrogens (tertiary/aromatic N) is 1. The van der Waals surface area contributed by atoms with E-state index in [2.05, 4.69) is 0 Å². The molecule has 0 saturated heterocycles. The minimum atomic E-state index is -0.216. The zero-order valence-electron chi connectivity index (χ0n) is 11.6. The Kier molecular flexibility index (Phi) is 4.30. The summed E-state index contributed by atoms with van der Waals surface area (Å²) in [5, 5.41) is 9.76. The summed E-state index contributed by atoms with van der Waals surface area (Å²) in [6, 6.07) is 4.87. The summed E-state index contributed by atoms with van der Waals surface area (Å²) in [5.74, 6) is 0.441. The molecule has 1 N–H and O–H groups in total. The van der Waals surface area contributed by atoms with Gasteiger partial charge in [-0.25, -0.2) is 0 Å². The number of benzene rings is 1. The van der Waals surface area contributed by atoms with Crippen LogP contribution in [0, 0.1) is 0 Å². The molecule has 1 saturated carbocycles. The molecule has 1 amide bonds. The Morgan fingerprint density at radius 3 is 2.58 bits per heavy atom. The van der Waals surface area contributed by atoms with Gasteiger partial charge in [-0.2, -0.15) is 0 Å². The number of rotatable bonds is 3. The highest BCUT2D eigenvalue weighted by Gasteiger charge is 2.18. The van der Waals surface area contributed by atoms with E-state index in [1.165, 1.54) is 30.2 Å². The molecule has 0 atom stereocenters. The highest BCUT2D eigenvalue weighted by atomic mass is 16.5. The van der Waals surface area contributed by atoms with Gasteiger partial charge in [-0.1, -0.05) is 6.42 Å². The van der Waals surface area contributed by atoms with Crippen molar-refractivity contribution in [3.8, 4) is 11.5 Å². The summed E-state index contributed by atoms with van der Waals surface area (Å²) in [6.45, 7) is 0. The number of amides is 1. The molecule has 104 valence electrons. The number of phenols is 1. The minimum absolute atomic E-state index is 0.00491. The predicted octanol–water partition coefficient (Wildman–Crippen LogP) is 2.81. The zero-order valence-corrected chi connectivity index (χ0v) is 11.6. The second kappa shape index (κ2) is 5.95. The van der Waals surface area contributed by atoms with Gasteiger partial charge in [-0.3, -0.25) is 4.79 Å². The SMILES string of the molecule is CN(C)C(=O)c1cc(OC2CCCCC2)ccc1O. The Hall–Kier alpha value is -1.71. The van der Waals surface area contributed by atoms with Crippen molar-refractivity contribution >= 4 is 5.91 Å². The van der Waals surface area contributed by atoms with Gasteiger partial charge >= 0.3 is 0 Å². The van der Waals surface area contributed by atoms with E-state index in [4.69, 9.17) is 4.74 Å². The van der Waals surface area contributed by atoms with Gasteiger partial charge in [0, 0.05) is 14.1 Å². The third kappa shape index (κ3) is 3.40. The molecule has 0 spiro atoms. The van der Waals surface area contributed by atoms with Gasteiger partial charge in [0.05, 0.1) is 11.7 Å². The average Bonchev–Trinajstić information content (AvgIpc) is 2.41. The van der Waals surface area contributed by atoms with Gasteiger partial charge in [-0.15, -0.1) is 0 Å². The fourth-order valence-corrected chi connectivity index (χ4v) is 2.38. The van der Waals surface area contributed by atoms with Crippen LogP contribution < -0.4 is 4.74 Å². The summed E-state index contributed by atoms with van der Waals surface area (Å²) >= 11 is 0. The van der Waals surface area contributed by atoms with Gasteiger partial charge in [0.25, 0.3) is 5.91 Å². The molecular weight excluding hydrogens is 242 g/mol. The van der Waals surface area contributed by atoms with Crippen molar-refractivity contribution < 1.29 is 14.6 Å². The van der Waals surface area contributed by atoms with Gasteiger partial charge < -0.3 is 14.7 Å². The second-order valence-corrected chi connectivity index (χ2v) is 5.26. The van der Waals surface area contributed by atoms with Crippen LogP contribution in [0.2, 0.25) is 0 Å². The fourth-order valence-electron chi connectivity index (χ4n) is 2.38. The van der Waals surface area contributed by atoms with E-state index in [0.717, 1.165) is 12.8 Å². The summed E-state index contributed by atoms with van der Waals surface area (Å²) < 4.78 is 5.90. The van der Waals surface area contributed by atoms with Crippen molar-refractivity contribution in [1.29, 1.82) is 0 Å². The largest absolute Gasteiger partial charge is 0.507 e. The van der Waals surface area contributed by atoms with E-state index in [9.17, 15) is 9.90 Å².